The first kappa shape index (κ1) is 8.75. The van der Waals surface area contributed by atoms with Gasteiger partial charge in [0.05, 0.1) is 0 Å². The van der Waals surface area contributed by atoms with E-state index in [-0.39, 0.29) is 5.70 Å². The van der Waals surface area contributed by atoms with Crippen molar-refractivity contribution in [3.05, 3.63) is 17.5 Å². The van der Waals surface area contributed by atoms with Crippen LogP contribution in [0.5, 0.6) is 0 Å². The van der Waals surface area contributed by atoms with E-state index in [0.29, 0.717) is 13.0 Å². The summed E-state index contributed by atoms with van der Waals surface area (Å²) in [4.78, 5) is 10.0. The molecule has 0 saturated carbocycles. The maximum absolute atomic E-state index is 10.0. The number of nitrogens with two attached hydrogens (primary N) is 2. The average Bonchev–Trinajstić information content (AvgIpc) is 1.88. The van der Waals surface area contributed by atoms with E-state index in [1.54, 1.807) is 0 Å². The van der Waals surface area contributed by atoms with Gasteiger partial charge in [0, 0.05) is 0 Å². The van der Waals surface area contributed by atoms with Gasteiger partial charge in [0.1, 0.15) is 0 Å². The zero-order valence-corrected chi connectivity index (χ0v) is 5.50. The number of aliphatic carboxylic acids is 1. The molecule has 0 radical (unpaired) electrons. The Kier molecular flexibility index (Phi) is 4.04. The smallest absolute Gasteiger partial charge is 0.359 e. The summed E-state index contributed by atoms with van der Waals surface area (Å²) in [7, 11) is 0. The van der Waals surface area contributed by atoms with E-state index in [9.17, 15) is 4.79 Å². The lowest BCUT2D eigenvalue weighted by Crippen LogP contribution is -2.08. The Morgan fingerprint density at radius 2 is 2.30 bits per heavy atom. The molecule has 0 aliphatic heterocycles. The summed E-state index contributed by atoms with van der Waals surface area (Å²) in [5, 5.41) is 8.21. The molecule has 0 heterocycles. The van der Waals surface area contributed by atoms with Crippen LogP contribution in [0.1, 0.15) is 6.42 Å². The van der Waals surface area contributed by atoms with E-state index in [4.69, 9.17) is 16.6 Å². The second kappa shape index (κ2) is 4.61. The molecule has 56 valence electrons. The highest BCUT2D eigenvalue weighted by Crippen LogP contribution is 1.80. The molecule has 0 fully saturated rings. The van der Waals surface area contributed by atoms with Crippen LogP contribution in [0.3, 0.4) is 0 Å². The van der Waals surface area contributed by atoms with Crippen molar-refractivity contribution in [2.75, 3.05) is 6.54 Å². The van der Waals surface area contributed by atoms with Crippen molar-refractivity contribution in [2.24, 2.45) is 11.5 Å². The van der Waals surface area contributed by atoms with Crippen molar-refractivity contribution in [3.8, 4) is 0 Å². The van der Waals surface area contributed by atoms with Crippen LogP contribution in [0.15, 0.2) is 17.5 Å². The Balaban J connectivity index is 4.01. The van der Waals surface area contributed by atoms with Crippen molar-refractivity contribution < 1.29 is 9.90 Å². The summed E-state index contributed by atoms with van der Waals surface area (Å²) in [6, 6.07) is 0. The summed E-state index contributed by atoms with van der Waals surface area (Å²) in [6.45, 7) is 0.472. The van der Waals surface area contributed by atoms with Crippen LogP contribution in [0.2, 0.25) is 0 Å². The summed E-state index contributed by atoms with van der Waals surface area (Å²) < 4.78 is 0. The lowest BCUT2D eigenvalue weighted by atomic mass is 10.4. The number of rotatable bonds is 3. The van der Waals surface area contributed by atoms with E-state index in [1.165, 1.54) is 6.08 Å². The maximum atomic E-state index is 10.0. The molecule has 0 aromatic carbocycles. The summed E-state index contributed by atoms with van der Waals surface area (Å²) in [5.74, 6) is -1.16. The van der Waals surface area contributed by atoms with Crippen molar-refractivity contribution in [1.82, 2.24) is 0 Å². The third-order valence-electron chi connectivity index (χ3n) is 0.799. The van der Waals surface area contributed by atoms with Crippen LogP contribution in [0, 0.1) is 0 Å². The molecule has 0 aliphatic carbocycles. The molecule has 10 heavy (non-hydrogen) atoms. The highest BCUT2D eigenvalue weighted by atomic mass is 16.4. The Bertz CT molecular complexity index is 180. The van der Waals surface area contributed by atoms with Gasteiger partial charge in [-0.15, -0.1) is 0 Å². The summed E-state index contributed by atoms with van der Waals surface area (Å²) >= 11 is 0. The van der Waals surface area contributed by atoms with E-state index < -0.39 is 5.97 Å². The SMILES string of the molecule is NCCC=C=C(N)C(=O)O. The van der Waals surface area contributed by atoms with Gasteiger partial charge in [0.25, 0.3) is 0 Å². The van der Waals surface area contributed by atoms with Crippen molar-refractivity contribution >= 4 is 5.97 Å². The Hall–Kier alpha value is -1.25. The number of hydrogen-bond acceptors (Lipinski definition) is 3. The average molecular weight is 142 g/mol. The molecule has 0 aromatic heterocycles. The molecule has 4 nitrogen and oxygen atoms in total. The van der Waals surface area contributed by atoms with Gasteiger partial charge in [-0.05, 0) is 19.0 Å². The lowest BCUT2D eigenvalue weighted by molar-refractivity contribution is -0.132. The zero-order chi connectivity index (χ0) is 7.98. The number of carbonyl (C=O) groups is 1. The van der Waals surface area contributed by atoms with Gasteiger partial charge in [-0.25, -0.2) is 4.79 Å². The van der Waals surface area contributed by atoms with Gasteiger partial charge in [0.2, 0.25) is 0 Å². The van der Waals surface area contributed by atoms with Gasteiger partial charge < -0.3 is 16.6 Å². The largest absolute Gasteiger partial charge is 0.476 e. The van der Waals surface area contributed by atoms with E-state index >= 15 is 0 Å². The molecule has 0 bridgehead atoms. The highest BCUT2D eigenvalue weighted by molar-refractivity contribution is 5.85. The first-order valence-electron chi connectivity index (χ1n) is 2.82. The van der Waals surface area contributed by atoms with E-state index in [2.05, 4.69) is 5.73 Å². The van der Waals surface area contributed by atoms with Gasteiger partial charge in [-0.2, -0.15) is 0 Å². The Labute approximate surface area is 58.8 Å². The molecule has 0 spiro atoms. The predicted molar refractivity (Wildman–Crippen MR) is 37.1 cm³/mol. The molecule has 0 atom stereocenters. The first-order valence-corrected chi connectivity index (χ1v) is 2.82. The zero-order valence-electron chi connectivity index (χ0n) is 5.50. The fraction of sp³-hybridized carbons (Fsp3) is 0.333. The Morgan fingerprint density at radius 3 is 2.70 bits per heavy atom. The highest BCUT2D eigenvalue weighted by Gasteiger charge is 1.95. The van der Waals surface area contributed by atoms with Crippen molar-refractivity contribution in [1.29, 1.82) is 0 Å². The minimum Gasteiger partial charge on any atom is -0.476 e. The van der Waals surface area contributed by atoms with E-state index in [0.717, 1.165) is 0 Å². The molecule has 0 amide bonds. The van der Waals surface area contributed by atoms with Crippen LogP contribution in [0.4, 0.5) is 0 Å². The number of carboxylic acids is 1. The minimum atomic E-state index is -1.16. The Morgan fingerprint density at radius 1 is 1.70 bits per heavy atom. The van der Waals surface area contributed by atoms with Crippen LogP contribution in [-0.2, 0) is 4.79 Å². The lowest BCUT2D eigenvalue weighted by Gasteiger charge is -1.84. The van der Waals surface area contributed by atoms with Crippen LogP contribution in [0.25, 0.3) is 0 Å². The third kappa shape index (κ3) is 3.72. The molecule has 0 aliphatic rings. The third-order valence-corrected chi connectivity index (χ3v) is 0.799. The molecule has 0 saturated heterocycles. The summed E-state index contributed by atoms with van der Waals surface area (Å²) in [5.41, 5.74) is 12.2. The van der Waals surface area contributed by atoms with Gasteiger partial charge in [-0.1, -0.05) is 5.73 Å². The van der Waals surface area contributed by atoms with E-state index in [1.807, 2.05) is 0 Å². The monoisotopic (exact) mass is 142 g/mol. The van der Waals surface area contributed by atoms with Crippen LogP contribution >= 0.6 is 0 Å². The standard InChI is InChI=1S/C6H10N2O2/c7-4-2-1-3-5(8)6(9)10/h1H,2,4,7-8H2,(H,9,10). The minimum absolute atomic E-state index is 0.284. The fourth-order valence-corrected chi connectivity index (χ4v) is 0.327. The normalized spacial score (nSPS) is 8.10. The number of hydrogen-bond donors (Lipinski definition) is 3. The number of carboxylic acid groups (broad SMARTS) is 1. The van der Waals surface area contributed by atoms with Crippen LogP contribution in [-0.4, -0.2) is 17.6 Å². The quantitative estimate of drug-likeness (QED) is 0.363. The molecule has 4 heteroatoms. The molecule has 5 N–H and O–H groups in total. The topological polar surface area (TPSA) is 89.3 Å². The first-order chi connectivity index (χ1) is 4.68. The molecular weight excluding hydrogens is 132 g/mol. The molecule has 0 aromatic rings. The molecule has 0 unspecified atom stereocenters. The van der Waals surface area contributed by atoms with Gasteiger partial charge in [0.15, 0.2) is 5.70 Å². The molecule has 0 rings (SSSR count). The second-order valence-corrected chi connectivity index (χ2v) is 1.64. The van der Waals surface area contributed by atoms with Crippen molar-refractivity contribution in [3.63, 3.8) is 0 Å². The van der Waals surface area contributed by atoms with Crippen molar-refractivity contribution in [2.45, 2.75) is 6.42 Å². The second-order valence-electron chi connectivity index (χ2n) is 1.64. The predicted octanol–water partition coefficient (Wildman–Crippen LogP) is -0.582. The van der Waals surface area contributed by atoms with Crippen LogP contribution < -0.4 is 11.5 Å². The van der Waals surface area contributed by atoms with Gasteiger partial charge in [-0.3, -0.25) is 0 Å². The van der Waals surface area contributed by atoms with Gasteiger partial charge >= 0.3 is 5.97 Å². The fourth-order valence-electron chi connectivity index (χ4n) is 0.327. The summed E-state index contributed by atoms with van der Waals surface area (Å²) in [6.07, 6.45) is 2.09. The maximum Gasteiger partial charge on any atom is 0.359 e. The molecular formula is C6H10N2O2.